The topological polar surface area (TPSA) is 88.3 Å². The summed E-state index contributed by atoms with van der Waals surface area (Å²) in [5.74, 6) is 0.558. The molecule has 3 rings (SSSR count). The predicted octanol–water partition coefficient (Wildman–Crippen LogP) is 2.65. The molecule has 0 spiro atoms. The first-order chi connectivity index (χ1) is 12.4. The van der Waals surface area contributed by atoms with E-state index in [1.807, 2.05) is 13.8 Å². The molecule has 0 saturated carbocycles. The fraction of sp³-hybridized carbons (Fsp3) is 0.444. The summed E-state index contributed by atoms with van der Waals surface area (Å²) in [6, 6.07) is 3.15. The zero-order chi connectivity index (χ0) is 18.7. The number of hydrogen-bond donors (Lipinski definition) is 1. The first-order valence-corrected chi connectivity index (χ1v) is 8.94. The van der Waals surface area contributed by atoms with Gasteiger partial charge in [0.2, 0.25) is 5.91 Å². The molecule has 138 valence electrons. The van der Waals surface area contributed by atoms with Gasteiger partial charge in [-0.2, -0.15) is 0 Å². The van der Waals surface area contributed by atoms with E-state index in [0.29, 0.717) is 43.1 Å². The van der Waals surface area contributed by atoms with Crippen LogP contribution in [-0.2, 0) is 11.3 Å². The Hall–Kier alpha value is -2.41. The minimum Gasteiger partial charge on any atom is -0.361 e. The standard InChI is InChI=1S/C18H21ClN4O3/c1-11-15(12(2)26-22-11)10-23-8-7-14(4-6-17(23)24)21-18(25)16-5-3-13(19)9-20-16/h3,5,9,14H,4,6-8,10H2,1-2H3,(H,21,25). The van der Waals surface area contributed by atoms with E-state index in [0.717, 1.165) is 17.0 Å². The van der Waals surface area contributed by atoms with E-state index in [1.54, 1.807) is 17.0 Å². The highest BCUT2D eigenvalue weighted by molar-refractivity contribution is 6.30. The number of nitrogens with zero attached hydrogens (tertiary/aromatic N) is 3. The van der Waals surface area contributed by atoms with Crippen LogP contribution >= 0.6 is 11.6 Å². The van der Waals surface area contributed by atoms with Gasteiger partial charge in [-0.25, -0.2) is 4.98 Å². The molecule has 7 nitrogen and oxygen atoms in total. The average molecular weight is 377 g/mol. The third-order valence-corrected chi connectivity index (χ3v) is 4.86. The zero-order valence-electron chi connectivity index (χ0n) is 14.8. The zero-order valence-corrected chi connectivity index (χ0v) is 15.5. The Kier molecular flexibility index (Phi) is 5.56. The number of halogens is 1. The van der Waals surface area contributed by atoms with Crippen molar-refractivity contribution >= 4 is 23.4 Å². The van der Waals surface area contributed by atoms with E-state index < -0.39 is 0 Å². The van der Waals surface area contributed by atoms with Gasteiger partial charge in [0.25, 0.3) is 5.91 Å². The van der Waals surface area contributed by atoms with Crippen molar-refractivity contribution in [2.75, 3.05) is 6.54 Å². The molecular formula is C18H21ClN4O3. The van der Waals surface area contributed by atoms with Gasteiger partial charge in [-0.3, -0.25) is 9.59 Å². The molecule has 0 radical (unpaired) electrons. The smallest absolute Gasteiger partial charge is 0.270 e. The van der Waals surface area contributed by atoms with Crippen LogP contribution in [0.3, 0.4) is 0 Å². The van der Waals surface area contributed by atoms with Gasteiger partial charge in [0, 0.05) is 30.8 Å². The first-order valence-electron chi connectivity index (χ1n) is 8.56. The quantitative estimate of drug-likeness (QED) is 0.886. The maximum absolute atomic E-state index is 12.4. The van der Waals surface area contributed by atoms with Crippen molar-refractivity contribution in [3.63, 3.8) is 0 Å². The Morgan fingerprint density at radius 1 is 1.38 bits per heavy atom. The second-order valence-corrected chi connectivity index (χ2v) is 6.91. The summed E-state index contributed by atoms with van der Waals surface area (Å²) in [4.78, 5) is 30.6. The molecule has 1 atom stereocenters. The third-order valence-electron chi connectivity index (χ3n) is 4.63. The van der Waals surface area contributed by atoms with E-state index in [9.17, 15) is 9.59 Å². The van der Waals surface area contributed by atoms with Crippen LogP contribution in [0.1, 0.15) is 46.8 Å². The van der Waals surface area contributed by atoms with Gasteiger partial charge in [-0.1, -0.05) is 16.8 Å². The molecule has 2 aromatic heterocycles. The maximum Gasteiger partial charge on any atom is 0.270 e. The van der Waals surface area contributed by atoms with Crippen molar-refractivity contribution in [1.29, 1.82) is 0 Å². The van der Waals surface area contributed by atoms with E-state index in [2.05, 4.69) is 15.5 Å². The minimum atomic E-state index is -0.252. The summed E-state index contributed by atoms with van der Waals surface area (Å²) < 4.78 is 5.17. The number of aryl methyl sites for hydroxylation is 2. The Labute approximate surface area is 156 Å². The number of aromatic nitrogens is 2. The lowest BCUT2D eigenvalue weighted by atomic mass is 10.1. The van der Waals surface area contributed by atoms with Gasteiger partial charge in [0.1, 0.15) is 11.5 Å². The molecule has 2 aromatic rings. The van der Waals surface area contributed by atoms with Gasteiger partial charge < -0.3 is 14.7 Å². The molecule has 0 aliphatic carbocycles. The first kappa shape index (κ1) is 18.4. The number of carbonyl (C=O) groups excluding carboxylic acids is 2. The summed E-state index contributed by atoms with van der Waals surface area (Å²) in [6.45, 7) is 4.78. The molecule has 1 aliphatic heterocycles. The van der Waals surface area contributed by atoms with Crippen molar-refractivity contribution < 1.29 is 14.1 Å². The lowest BCUT2D eigenvalue weighted by molar-refractivity contribution is -0.131. The van der Waals surface area contributed by atoms with Crippen LogP contribution in [0.25, 0.3) is 0 Å². The average Bonchev–Trinajstić information content (AvgIpc) is 2.83. The second-order valence-electron chi connectivity index (χ2n) is 6.48. The fourth-order valence-electron chi connectivity index (χ4n) is 3.04. The van der Waals surface area contributed by atoms with Gasteiger partial charge in [0.05, 0.1) is 17.3 Å². The summed E-state index contributed by atoms with van der Waals surface area (Å²) in [7, 11) is 0. The highest BCUT2D eigenvalue weighted by Crippen LogP contribution is 2.19. The van der Waals surface area contributed by atoms with E-state index in [4.69, 9.17) is 16.1 Å². The Balaban J connectivity index is 1.61. The summed E-state index contributed by atoms with van der Waals surface area (Å²) >= 11 is 5.79. The van der Waals surface area contributed by atoms with Crippen molar-refractivity contribution in [1.82, 2.24) is 20.4 Å². The summed E-state index contributed by atoms with van der Waals surface area (Å²) in [6.07, 6.45) is 3.13. The largest absolute Gasteiger partial charge is 0.361 e. The molecule has 1 unspecified atom stereocenters. The second kappa shape index (κ2) is 7.86. The number of carbonyl (C=O) groups is 2. The molecule has 1 saturated heterocycles. The van der Waals surface area contributed by atoms with Crippen molar-refractivity contribution in [3.05, 3.63) is 46.1 Å². The van der Waals surface area contributed by atoms with Gasteiger partial charge in [-0.15, -0.1) is 0 Å². The molecule has 1 aliphatic rings. The van der Waals surface area contributed by atoms with Crippen LogP contribution in [0.15, 0.2) is 22.9 Å². The van der Waals surface area contributed by atoms with Crippen LogP contribution in [0.4, 0.5) is 0 Å². The van der Waals surface area contributed by atoms with E-state index in [-0.39, 0.29) is 17.9 Å². The van der Waals surface area contributed by atoms with Crippen molar-refractivity contribution in [3.8, 4) is 0 Å². The summed E-state index contributed by atoms with van der Waals surface area (Å²) in [5.41, 5.74) is 2.07. The van der Waals surface area contributed by atoms with Crippen LogP contribution in [0, 0.1) is 13.8 Å². The molecule has 0 bridgehead atoms. The SMILES string of the molecule is Cc1noc(C)c1CN1CCC(NC(=O)c2ccc(Cl)cn2)CCC1=O. The number of rotatable bonds is 4. The number of nitrogens with one attached hydrogen (secondary N) is 1. The highest BCUT2D eigenvalue weighted by Gasteiger charge is 2.25. The van der Waals surface area contributed by atoms with E-state index in [1.165, 1.54) is 6.20 Å². The normalized spacial score (nSPS) is 17.9. The minimum absolute atomic E-state index is 0.0707. The molecule has 0 aromatic carbocycles. The number of pyridine rings is 1. The molecule has 26 heavy (non-hydrogen) atoms. The van der Waals surface area contributed by atoms with Gasteiger partial charge in [0.15, 0.2) is 0 Å². The van der Waals surface area contributed by atoms with Crippen LogP contribution in [-0.4, -0.2) is 39.4 Å². The monoisotopic (exact) mass is 376 g/mol. The lowest BCUT2D eigenvalue weighted by Crippen LogP contribution is -2.36. The molecule has 1 N–H and O–H groups in total. The van der Waals surface area contributed by atoms with E-state index >= 15 is 0 Å². The molecule has 2 amide bonds. The third kappa shape index (κ3) is 4.22. The Morgan fingerprint density at radius 2 is 2.19 bits per heavy atom. The lowest BCUT2D eigenvalue weighted by Gasteiger charge is -2.21. The Bertz CT molecular complexity index is 784. The van der Waals surface area contributed by atoms with Crippen molar-refractivity contribution in [2.24, 2.45) is 0 Å². The number of hydrogen-bond acceptors (Lipinski definition) is 5. The predicted molar refractivity (Wildman–Crippen MR) is 95.7 cm³/mol. The molecular weight excluding hydrogens is 356 g/mol. The highest BCUT2D eigenvalue weighted by atomic mass is 35.5. The molecule has 1 fully saturated rings. The van der Waals surface area contributed by atoms with Crippen LogP contribution < -0.4 is 5.32 Å². The number of likely N-dealkylation sites (tertiary alicyclic amines) is 1. The summed E-state index contributed by atoms with van der Waals surface area (Å²) in [5, 5.41) is 7.38. The maximum atomic E-state index is 12.4. The van der Waals surface area contributed by atoms with Crippen LogP contribution in [0.5, 0.6) is 0 Å². The van der Waals surface area contributed by atoms with Gasteiger partial charge >= 0.3 is 0 Å². The van der Waals surface area contributed by atoms with Crippen LogP contribution in [0.2, 0.25) is 5.02 Å². The fourth-order valence-corrected chi connectivity index (χ4v) is 3.15. The van der Waals surface area contributed by atoms with Crippen molar-refractivity contribution in [2.45, 2.75) is 45.7 Å². The van der Waals surface area contributed by atoms with Gasteiger partial charge in [-0.05, 0) is 38.8 Å². The number of amides is 2. The molecule has 3 heterocycles. The Morgan fingerprint density at radius 3 is 2.85 bits per heavy atom. The molecule has 8 heteroatoms.